The standard InChI is InChI=1S/2C6H6N2O2.Mg/c2*7-4-2-1-3-8-5(4)6(9)10;/h2*1-3H,7H2,(H,9,10);/q;;+2/p-2. The number of nitrogens with two attached hydrogens (primary N) is 2. The Hall–Kier alpha value is -2.39. The normalized spacial score (nSPS) is 8.76. The summed E-state index contributed by atoms with van der Waals surface area (Å²) < 4.78 is 0. The summed E-state index contributed by atoms with van der Waals surface area (Å²) in [4.78, 5) is 27.3. The van der Waals surface area contributed by atoms with Gasteiger partial charge in [-0.2, -0.15) is 0 Å². The summed E-state index contributed by atoms with van der Waals surface area (Å²) in [6.07, 6.45) is 2.70. The van der Waals surface area contributed by atoms with Gasteiger partial charge >= 0.3 is 23.1 Å². The summed E-state index contributed by atoms with van der Waals surface area (Å²) in [5.74, 6) is -2.70. The second kappa shape index (κ2) is 8.71. The van der Waals surface area contributed by atoms with Crippen molar-refractivity contribution in [3.63, 3.8) is 0 Å². The molecule has 2 aromatic rings. The van der Waals surface area contributed by atoms with Crippen LogP contribution in [0, 0.1) is 0 Å². The van der Waals surface area contributed by atoms with Gasteiger partial charge in [0.05, 0.1) is 23.3 Å². The van der Waals surface area contributed by atoms with Crippen LogP contribution in [0.15, 0.2) is 36.7 Å². The van der Waals surface area contributed by atoms with Gasteiger partial charge in [0.2, 0.25) is 0 Å². The first-order valence-corrected chi connectivity index (χ1v) is 5.27. The van der Waals surface area contributed by atoms with Crippen molar-refractivity contribution >= 4 is 46.4 Å². The molecule has 0 amide bonds. The number of carbonyl (C=O) groups is 2. The molecule has 0 spiro atoms. The molecule has 2 rings (SSSR count). The van der Waals surface area contributed by atoms with Crippen molar-refractivity contribution in [1.82, 2.24) is 9.97 Å². The third kappa shape index (κ3) is 5.63. The molecule has 104 valence electrons. The van der Waals surface area contributed by atoms with E-state index in [4.69, 9.17) is 11.5 Å². The fourth-order valence-electron chi connectivity index (χ4n) is 1.18. The monoisotopic (exact) mass is 298 g/mol. The number of hydrogen-bond donors (Lipinski definition) is 2. The predicted octanol–water partition coefficient (Wildman–Crippen LogP) is -2.33. The van der Waals surface area contributed by atoms with E-state index < -0.39 is 11.9 Å². The first-order valence-electron chi connectivity index (χ1n) is 5.27. The zero-order chi connectivity index (χ0) is 15.1. The topological polar surface area (TPSA) is 158 Å². The SMILES string of the molecule is Nc1cccnc1C(=O)[O-].Nc1cccnc1C(=O)[O-].[Mg+2]. The summed E-state index contributed by atoms with van der Waals surface area (Å²) >= 11 is 0. The van der Waals surface area contributed by atoms with Crippen LogP contribution in [0.5, 0.6) is 0 Å². The molecule has 21 heavy (non-hydrogen) atoms. The Morgan fingerprint density at radius 3 is 1.38 bits per heavy atom. The smallest absolute Gasteiger partial charge is 0.543 e. The van der Waals surface area contributed by atoms with E-state index in [1.54, 1.807) is 12.1 Å². The first kappa shape index (κ1) is 18.6. The van der Waals surface area contributed by atoms with Crippen LogP contribution < -0.4 is 21.7 Å². The van der Waals surface area contributed by atoms with E-state index in [0.29, 0.717) is 0 Å². The molecule has 0 saturated carbocycles. The summed E-state index contributed by atoms with van der Waals surface area (Å²) in [6, 6.07) is 6.03. The van der Waals surface area contributed by atoms with Crippen LogP contribution in [-0.4, -0.2) is 45.0 Å². The maximum absolute atomic E-state index is 10.2. The van der Waals surface area contributed by atoms with Crippen molar-refractivity contribution in [3.05, 3.63) is 48.0 Å². The largest absolute Gasteiger partial charge is 2.00 e. The Kier molecular flexibility index (Phi) is 7.72. The molecule has 0 atom stereocenters. The minimum Gasteiger partial charge on any atom is -0.543 e. The molecule has 0 unspecified atom stereocenters. The van der Waals surface area contributed by atoms with Crippen molar-refractivity contribution in [2.24, 2.45) is 0 Å². The van der Waals surface area contributed by atoms with Crippen LogP contribution in [0.25, 0.3) is 0 Å². The molecule has 9 heteroatoms. The van der Waals surface area contributed by atoms with Crippen molar-refractivity contribution in [3.8, 4) is 0 Å². The maximum Gasteiger partial charge on any atom is 2.00 e. The van der Waals surface area contributed by atoms with Gasteiger partial charge in [-0.1, -0.05) is 0 Å². The Morgan fingerprint density at radius 2 is 1.19 bits per heavy atom. The van der Waals surface area contributed by atoms with Crippen molar-refractivity contribution in [1.29, 1.82) is 0 Å². The number of aromatic carboxylic acids is 2. The van der Waals surface area contributed by atoms with Gasteiger partial charge in [0.25, 0.3) is 0 Å². The molecule has 0 radical (unpaired) electrons. The average Bonchev–Trinajstić information content (AvgIpc) is 2.40. The van der Waals surface area contributed by atoms with Crippen LogP contribution in [0.2, 0.25) is 0 Å². The minimum atomic E-state index is -1.35. The summed E-state index contributed by atoms with van der Waals surface area (Å²) in [7, 11) is 0. The third-order valence-corrected chi connectivity index (χ3v) is 2.06. The number of hydrogen-bond acceptors (Lipinski definition) is 8. The number of pyridine rings is 2. The van der Waals surface area contributed by atoms with E-state index in [2.05, 4.69) is 9.97 Å². The number of anilines is 2. The number of carboxylic acids is 2. The molecule has 0 fully saturated rings. The second-order valence-electron chi connectivity index (χ2n) is 3.46. The molecular formula is C12H10MgN4O4. The summed E-state index contributed by atoms with van der Waals surface area (Å²) in [6.45, 7) is 0. The predicted molar refractivity (Wildman–Crippen MR) is 71.7 cm³/mol. The number of rotatable bonds is 2. The molecule has 2 aromatic heterocycles. The number of nitrogens with zero attached hydrogens (tertiary/aromatic N) is 2. The zero-order valence-electron chi connectivity index (χ0n) is 10.9. The van der Waals surface area contributed by atoms with Crippen LogP contribution >= 0.6 is 0 Å². The maximum atomic E-state index is 10.2. The van der Waals surface area contributed by atoms with Gasteiger partial charge in [-0.3, -0.25) is 9.97 Å². The molecule has 2 heterocycles. The molecule has 4 N–H and O–H groups in total. The summed E-state index contributed by atoms with van der Waals surface area (Å²) in [5.41, 5.74) is 10.3. The van der Waals surface area contributed by atoms with E-state index >= 15 is 0 Å². The molecule has 0 bridgehead atoms. The van der Waals surface area contributed by atoms with Crippen LogP contribution in [0.4, 0.5) is 11.4 Å². The van der Waals surface area contributed by atoms with Crippen LogP contribution in [-0.2, 0) is 0 Å². The van der Waals surface area contributed by atoms with E-state index in [-0.39, 0.29) is 45.8 Å². The molecule has 0 saturated heterocycles. The fraction of sp³-hybridized carbons (Fsp3) is 0. The number of nitrogen functional groups attached to an aromatic ring is 2. The molecular weight excluding hydrogens is 288 g/mol. The second-order valence-corrected chi connectivity index (χ2v) is 3.46. The van der Waals surface area contributed by atoms with Gasteiger partial charge in [0.15, 0.2) is 0 Å². The summed E-state index contributed by atoms with van der Waals surface area (Å²) in [5, 5.41) is 20.3. The van der Waals surface area contributed by atoms with Crippen LogP contribution in [0.3, 0.4) is 0 Å². The van der Waals surface area contributed by atoms with E-state index in [0.717, 1.165) is 0 Å². The molecule has 0 aromatic carbocycles. The van der Waals surface area contributed by atoms with Crippen molar-refractivity contribution < 1.29 is 19.8 Å². The Labute approximate surface area is 136 Å². The van der Waals surface area contributed by atoms with Crippen molar-refractivity contribution in [2.75, 3.05) is 11.5 Å². The van der Waals surface area contributed by atoms with Gasteiger partial charge in [-0.25, -0.2) is 0 Å². The van der Waals surface area contributed by atoms with Gasteiger partial charge in [0.1, 0.15) is 11.4 Å². The van der Waals surface area contributed by atoms with E-state index in [1.807, 2.05) is 0 Å². The number of aromatic nitrogens is 2. The van der Waals surface area contributed by atoms with Gasteiger partial charge < -0.3 is 31.3 Å². The first-order chi connectivity index (χ1) is 9.43. The average molecular weight is 299 g/mol. The van der Waals surface area contributed by atoms with Crippen molar-refractivity contribution in [2.45, 2.75) is 0 Å². The molecule has 0 aliphatic rings. The third-order valence-electron chi connectivity index (χ3n) is 2.06. The van der Waals surface area contributed by atoms with Crippen LogP contribution in [0.1, 0.15) is 21.0 Å². The molecule has 0 aliphatic carbocycles. The Balaban J connectivity index is 0.000000364. The van der Waals surface area contributed by atoms with Gasteiger partial charge in [0, 0.05) is 12.4 Å². The fourth-order valence-corrected chi connectivity index (χ4v) is 1.18. The van der Waals surface area contributed by atoms with E-state index in [9.17, 15) is 19.8 Å². The Bertz CT molecular complexity index is 581. The van der Waals surface area contributed by atoms with E-state index in [1.165, 1.54) is 24.5 Å². The quantitative estimate of drug-likeness (QED) is 0.584. The Morgan fingerprint density at radius 1 is 0.857 bits per heavy atom. The molecule has 8 nitrogen and oxygen atoms in total. The minimum absolute atomic E-state index is 0. The number of carboxylic acid groups (broad SMARTS) is 2. The van der Waals surface area contributed by atoms with Gasteiger partial charge in [-0.05, 0) is 24.3 Å². The van der Waals surface area contributed by atoms with Gasteiger partial charge in [-0.15, -0.1) is 0 Å². The molecule has 0 aliphatic heterocycles. The number of carbonyl (C=O) groups excluding carboxylic acids is 2. The zero-order valence-corrected chi connectivity index (χ0v) is 12.3.